The van der Waals surface area contributed by atoms with E-state index in [9.17, 15) is 4.79 Å². The summed E-state index contributed by atoms with van der Waals surface area (Å²) in [5.74, 6) is 1.37. The number of methoxy groups -OCH3 is 1. The van der Waals surface area contributed by atoms with Gasteiger partial charge >= 0.3 is 0 Å². The molecule has 0 fully saturated rings. The van der Waals surface area contributed by atoms with Gasteiger partial charge in [0.25, 0.3) is 5.91 Å². The van der Waals surface area contributed by atoms with Crippen LogP contribution in [0.15, 0.2) is 120 Å². The number of hydrazone groups is 1. The molecule has 0 unspecified atom stereocenters. The summed E-state index contributed by atoms with van der Waals surface area (Å²) in [7, 11) is 1.66. The van der Waals surface area contributed by atoms with Crippen LogP contribution >= 0.6 is 0 Å². The van der Waals surface area contributed by atoms with E-state index in [-0.39, 0.29) is 5.91 Å². The van der Waals surface area contributed by atoms with E-state index in [4.69, 9.17) is 9.47 Å². The van der Waals surface area contributed by atoms with Gasteiger partial charge in [-0.15, -0.1) is 0 Å². The van der Waals surface area contributed by atoms with Crippen LogP contribution < -0.4 is 14.9 Å². The molecule has 5 aromatic carbocycles. The number of rotatable bonds is 8. The van der Waals surface area contributed by atoms with Crippen molar-refractivity contribution in [2.75, 3.05) is 7.11 Å². The van der Waals surface area contributed by atoms with E-state index in [2.05, 4.69) is 28.7 Å². The summed E-state index contributed by atoms with van der Waals surface area (Å²) < 4.78 is 11.4. The molecule has 0 saturated carbocycles. The molecule has 0 aliphatic heterocycles. The van der Waals surface area contributed by atoms with Gasteiger partial charge in [-0.25, -0.2) is 5.43 Å². The molecule has 0 radical (unpaired) electrons. The number of amides is 1. The lowest BCUT2D eigenvalue weighted by atomic mass is 10.0. The van der Waals surface area contributed by atoms with Crippen LogP contribution in [-0.2, 0) is 6.61 Å². The normalized spacial score (nSPS) is 11.3. The van der Waals surface area contributed by atoms with Crippen molar-refractivity contribution in [3.05, 3.63) is 132 Å². The molecule has 0 bridgehead atoms. The van der Waals surface area contributed by atoms with Gasteiger partial charge in [0.05, 0.1) is 12.8 Å². The summed E-state index contributed by atoms with van der Waals surface area (Å²) in [5, 5.41) is 6.47. The van der Waals surface area contributed by atoms with Gasteiger partial charge in [-0.05, 0) is 70.8 Å². The minimum Gasteiger partial charge on any atom is -0.497 e. The Morgan fingerprint density at radius 3 is 2.24 bits per heavy atom. The first-order valence-electron chi connectivity index (χ1n) is 12.4. The lowest BCUT2D eigenvalue weighted by Crippen LogP contribution is -2.19. The summed E-state index contributed by atoms with van der Waals surface area (Å²) in [6, 6.07) is 37.5. The van der Waals surface area contributed by atoms with E-state index >= 15 is 0 Å². The predicted octanol–water partition coefficient (Wildman–Crippen LogP) is 7.25. The van der Waals surface area contributed by atoms with Crippen LogP contribution in [0.25, 0.3) is 21.9 Å². The van der Waals surface area contributed by atoms with Gasteiger partial charge in [-0.1, -0.05) is 78.9 Å². The fraction of sp³-hybridized carbons (Fsp3) is 0.0909. The second-order valence-corrected chi connectivity index (χ2v) is 8.91. The van der Waals surface area contributed by atoms with Crippen molar-refractivity contribution >= 4 is 22.4 Å². The summed E-state index contributed by atoms with van der Waals surface area (Å²) in [4.78, 5) is 12.7. The molecule has 0 aliphatic rings. The monoisotopic (exact) mass is 500 g/mol. The molecule has 0 atom stereocenters. The van der Waals surface area contributed by atoms with Crippen LogP contribution in [0.3, 0.4) is 0 Å². The molecule has 188 valence electrons. The minimum absolute atomic E-state index is 0.267. The van der Waals surface area contributed by atoms with E-state index in [1.807, 2.05) is 91.9 Å². The maximum Gasteiger partial charge on any atom is 0.271 e. The molecule has 0 heterocycles. The van der Waals surface area contributed by atoms with Crippen molar-refractivity contribution in [3.63, 3.8) is 0 Å². The number of para-hydroxylation sites is 1. The fourth-order valence-electron chi connectivity index (χ4n) is 4.20. The van der Waals surface area contributed by atoms with Crippen LogP contribution in [0.5, 0.6) is 11.5 Å². The Kier molecular flexibility index (Phi) is 7.46. The van der Waals surface area contributed by atoms with E-state index < -0.39 is 0 Å². The predicted molar refractivity (Wildman–Crippen MR) is 153 cm³/mol. The molecule has 0 saturated heterocycles. The maximum absolute atomic E-state index is 12.7. The van der Waals surface area contributed by atoms with Gasteiger partial charge in [0, 0.05) is 11.1 Å². The third-order valence-corrected chi connectivity index (χ3v) is 6.37. The highest BCUT2D eigenvalue weighted by Gasteiger charge is 2.08. The van der Waals surface area contributed by atoms with E-state index in [1.54, 1.807) is 19.2 Å². The molecular formula is C33H28N2O3. The Morgan fingerprint density at radius 2 is 1.45 bits per heavy atom. The Hall–Kier alpha value is -4.90. The number of benzene rings is 5. The molecular weight excluding hydrogens is 472 g/mol. The topological polar surface area (TPSA) is 59.9 Å². The Labute approximate surface area is 222 Å². The number of nitrogens with one attached hydrogen (secondary N) is 1. The Bertz CT molecular complexity index is 1590. The van der Waals surface area contributed by atoms with E-state index in [1.165, 1.54) is 0 Å². The molecule has 0 aliphatic carbocycles. The van der Waals surface area contributed by atoms with Crippen LogP contribution in [-0.4, -0.2) is 18.7 Å². The molecule has 5 rings (SSSR count). The highest BCUT2D eigenvalue weighted by atomic mass is 16.5. The first-order valence-corrected chi connectivity index (χ1v) is 12.4. The average Bonchev–Trinajstić information content (AvgIpc) is 2.99. The zero-order chi connectivity index (χ0) is 26.3. The molecule has 38 heavy (non-hydrogen) atoms. The number of hydrogen-bond acceptors (Lipinski definition) is 4. The van der Waals surface area contributed by atoms with Crippen LogP contribution in [0.2, 0.25) is 0 Å². The number of ether oxygens (including phenoxy) is 2. The van der Waals surface area contributed by atoms with E-state index in [0.717, 1.165) is 50.2 Å². The average molecular weight is 501 g/mol. The summed E-state index contributed by atoms with van der Waals surface area (Å²) in [6.45, 7) is 2.27. The van der Waals surface area contributed by atoms with Gasteiger partial charge < -0.3 is 9.47 Å². The minimum atomic E-state index is -0.267. The summed E-state index contributed by atoms with van der Waals surface area (Å²) in [6.07, 6.45) is 0. The number of hydrogen-bond donors (Lipinski definition) is 1. The molecule has 5 nitrogen and oxygen atoms in total. The highest BCUT2D eigenvalue weighted by molar-refractivity contribution is 6.03. The van der Waals surface area contributed by atoms with Gasteiger partial charge in [-0.2, -0.15) is 5.10 Å². The van der Waals surface area contributed by atoms with Crippen molar-refractivity contribution in [1.29, 1.82) is 0 Å². The summed E-state index contributed by atoms with van der Waals surface area (Å²) in [5.41, 5.74) is 7.97. The second-order valence-electron chi connectivity index (χ2n) is 8.91. The number of nitrogens with zero attached hydrogens (tertiary/aromatic N) is 1. The summed E-state index contributed by atoms with van der Waals surface area (Å²) >= 11 is 0. The van der Waals surface area contributed by atoms with Gasteiger partial charge in [0.1, 0.15) is 18.1 Å². The quantitative estimate of drug-likeness (QED) is 0.180. The molecule has 1 amide bonds. The van der Waals surface area contributed by atoms with Crippen LogP contribution in [0.4, 0.5) is 0 Å². The standard InChI is InChI=1S/C33H28N2O3/c1-23(27-16-17-29-21-30(37-2)19-18-28(29)20-27)34-35-33(36)26-14-12-24(13-15-26)22-38-32-11-7-6-10-31(32)25-8-4-3-5-9-25/h3-21H,22H2,1-2H3,(H,35,36)/b34-23+. The largest absolute Gasteiger partial charge is 0.497 e. The molecule has 1 N–H and O–H groups in total. The zero-order valence-electron chi connectivity index (χ0n) is 21.3. The number of carbonyl (C=O) groups is 1. The lowest BCUT2D eigenvalue weighted by molar-refractivity contribution is 0.0954. The SMILES string of the molecule is COc1ccc2cc(/C(C)=N/NC(=O)c3ccc(COc4ccccc4-c4ccccc4)cc3)ccc2c1. The van der Waals surface area contributed by atoms with Crippen molar-refractivity contribution in [2.24, 2.45) is 5.10 Å². The molecule has 5 aromatic rings. The van der Waals surface area contributed by atoms with E-state index in [0.29, 0.717) is 12.2 Å². The third-order valence-electron chi connectivity index (χ3n) is 6.37. The first-order chi connectivity index (χ1) is 18.6. The van der Waals surface area contributed by atoms with Gasteiger partial charge in [0.15, 0.2) is 0 Å². The Morgan fingerprint density at radius 1 is 0.763 bits per heavy atom. The third kappa shape index (κ3) is 5.73. The van der Waals surface area contributed by atoms with Crippen molar-refractivity contribution in [3.8, 4) is 22.6 Å². The highest BCUT2D eigenvalue weighted by Crippen LogP contribution is 2.30. The molecule has 5 heteroatoms. The van der Waals surface area contributed by atoms with Gasteiger partial charge in [-0.3, -0.25) is 4.79 Å². The molecule has 0 spiro atoms. The van der Waals surface area contributed by atoms with Crippen LogP contribution in [0.1, 0.15) is 28.4 Å². The first kappa shape index (κ1) is 24.8. The maximum atomic E-state index is 12.7. The van der Waals surface area contributed by atoms with Crippen molar-refractivity contribution in [1.82, 2.24) is 5.43 Å². The van der Waals surface area contributed by atoms with Crippen molar-refractivity contribution < 1.29 is 14.3 Å². The number of carbonyl (C=O) groups excluding carboxylic acids is 1. The fourth-order valence-corrected chi connectivity index (χ4v) is 4.20. The zero-order valence-corrected chi connectivity index (χ0v) is 21.3. The van der Waals surface area contributed by atoms with Crippen molar-refractivity contribution in [2.45, 2.75) is 13.5 Å². The smallest absolute Gasteiger partial charge is 0.271 e. The molecule has 0 aromatic heterocycles. The van der Waals surface area contributed by atoms with Gasteiger partial charge in [0.2, 0.25) is 0 Å². The number of fused-ring (bicyclic) bond motifs is 1. The second kappa shape index (κ2) is 11.4. The lowest BCUT2D eigenvalue weighted by Gasteiger charge is -2.12. The Balaban J connectivity index is 1.21. The van der Waals surface area contributed by atoms with Crippen LogP contribution in [0, 0.1) is 0 Å².